The zero-order valence-electron chi connectivity index (χ0n) is 9.30. The topological polar surface area (TPSA) is 45.6 Å². The molecule has 0 fully saturated rings. The first-order valence-corrected chi connectivity index (χ1v) is 5.90. The lowest BCUT2D eigenvalue weighted by molar-refractivity contribution is 0.416. The Morgan fingerprint density at radius 3 is 2.94 bits per heavy atom. The van der Waals surface area contributed by atoms with E-state index in [2.05, 4.69) is 31.6 Å². The minimum Gasteiger partial charge on any atom is -0.495 e. The van der Waals surface area contributed by atoms with Gasteiger partial charge in [0.25, 0.3) is 0 Å². The molecule has 1 aromatic rings. The van der Waals surface area contributed by atoms with Crippen LogP contribution in [0, 0.1) is 6.92 Å². The average Bonchev–Trinajstić information content (AvgIpc) is 2.78. The van der Waals surface area contributed by atoms with Gasteiger partial charge >= 0.3 is 0 Å². The molecule has 2 N–H and O–H groups in total. The number of nitrogens with one attached hydrogen (secondary N) is 2. The van der Waals surface area contributed by atoms with Crippen LogP contribution in [0.3, 0.4) is 0 Å². The Bertz CT molecular complexity index is 431. The summed E-state index contributed by atoms with van der Waals surface area (Å²) in [5.41, 5.74) is 2.07. The standard InChI is InChI=1S/C11H14BrN3O/c1-7-3-4-8(16-2)10(9(7)12)15-11-13-5-6-14-11/h3-4H,5-6H2,1-2H3,(H2,13,14,15). The Hall–Kier alpha value is -1.23. The van der Waals surface area contributed by atoms with Gasteiger partial charge in [-0.15, -0.1) is 0 Å². The fourth-order valence-electron chi connectivity index (χ4n) is 1.55. The number of hydrogen-bond donors (Lipinski definition) is 2. The van der Waals surface area contributed by atoms with Crippen molar-refractivity contribution in [3.63, 3.8) is 0 Å². The number of hydrogen-bond acceptors (Lipinski definition) is 4. The number of aryl methyl sites for hydroxylation is 1. The number of anilines is 1. The number of halogens is 1. The quantitative estimate of drug-likeness (QED) is 0.874. The van der Waals surface area contributed by atoms with Gasteiger partial charge in [-0.05, 0) is 34.5 Å². The van der Waals surface area contributed by atoms with Crippen molar-refractivity contribution >= 4 is 27.6 Å². The highest BCUT2D eigenvalue weighted by Gasteiger charge is 2.13. The van der Waals surface area contributed by atoms with Crippen LogP contribution in [0.5, 0.6) is 5.75 Å². The summed E-state index contributed by atoms with van der Waals surface area (Å²) in [4.78, 5) is 4.30. The molecule has 1 heterocycles. The molecule has 16 heavy (non-hydrogen) atoms. The monoisotopic (exact) mass is 283 g/mol. The molecule has 0 saturated carbocycles. The van der Waals surface area contributed by atoms with Crippen molar-refractivity contribution in [3.05, 3.63) is 22.2 Å². The van der Waals surface area contributed by atoms with E-state index >= 15 is 0 Å². The summed E-state index contributed by atoms with van der Waals surface area (Å²) in [6, 6.07) is 3.95. The molecule has 0 amide bonds. The van der Waals surface area contributed by atoms with Crippen LogP contribution in [-0.4, -0.2) is 26.2 Å². The molecule has 0 aromatic heterocycles. The molecular formula is C11H14BrN3O. The smallest absolute Gasteiger partial charge is 0.196 e. The lowest BCUT2D eigenvalue weighted by Crippen LogP contribution is -2.26. The first kappa shape index (κ1) is 11.3. The zero-order valence-corrected chi connectivity index (χ0v) is 10.9. The Labute approximate surface area is 103 Å². The van der Waals surface area contributed by atoms with E-state index in [-0.39, 0.29) is 0 Å². The first-order chi connectivity index (χ1) is 7.72. The van der Waals surface area contributed by atoms with E-state index in [1.54, 1.807) is 7.11 Å². The number of rotatable bonds is 2. The van der Waals surface area contributed by atoms with Gasteiger partial charge < -0.3 is 15.4 Å². The van der Waals surface area contributed by atoms with Gasteiger partial charge in [0.1, 0.15) is 5.75 Å². The van der Waals surface area contributed by atoms with Crippen LogP contribution in [0.4, 0.5) is 5.69 Å². The van der Waals surface area contributed by atoms with Crippen LogP contribution in [0.2, 0.25) is 0 Å². The molecule has 0 atom stereocenters. The van der Waals surface area contributed by atoms with Crippen molar-refractivity contribution < 1.29 is 4.74 Å². The van der Waals surface area contributed by atoms with E-state index < -0.39 is 0 Å². The second-order valence-corrected chi connectivity index (χ2v) is 4.35. The highest BCUT2D eigenvalue weighted by molar-refractivity contribution is 9.10. The van der Waals surface area contributed by atoms with E-state index in [0.717, 1.165) is 40.5 Å². The van der Waals surface area contributed by atoms with Crippen molar-refractivity contribution in [2.24, 2.45) is 4.99 Å². The summed E-state index contributed by atoms with van der Waals surface area (Å²) >= 11 is 3.55. The van der Waals surface area contributed by atoms with Crippen molar-refractivity contribution in [1.29, 1.82) is 0 Å². The maximum Gasteiger partial charge on any atom is 0.196 e. The Balaban J connectivity index is 2.33. The van der Waals surface area contributed by atoms with E-state index in [0.29, 0.717) is 0 Å². The van der Waals surface area contributed by atoms with E-state index in [9.17, 15) is 0 Å². The van der Waals surface area contributed by atoms with Gasteiger partial charge in [-0.1, -0.05) is 6.07 Å². The van der Waals surface area contributed by atoms with E-state index in [1.165, 1.54) is 0 Å². The number of guanidine groups is 1. The Morgan fingerprint density at radius 2 is 2.31 bits per heavy atom. The number of aliphatic imine (C=N–C) groups is 1. The zero-order chi connectivity index (χ0) is 11.5. The van der Waals surface area contributed by atoms with Gasteiger partial charge in [-0.2, -0.15) is 0 Å². The lowest BCUT2D eigenvalue weighted by atomic mass is 10.2. The minimum absolute atomic E-state index is 0.796. The number of ether oxygens (including phenoxy) is 1. The molecule has 1 aliphatic heterocycles. The minimum atomic E-state index is 0.796. The highest BCUT2D eigenvalue weighted by Crippen LogP contribution is 2.35. The molecule has 1 aliphatic rings. The predicted octanol–water partition coefficient (Wildman–Crippen LogP) is 2.14. The maximum absolute atomic E-state index is 5.32. The first-order valence-electron chi connectivity index (χ1n) is 5.11. The van der Waals surface area contributed by atoms with Gasteiger partial charge in [0, 0.05) is 11.0 Å². The Morgan fingerprint density at radius 1 is 1.50 bits per heavy atom. The normalized spacial score (nSPS) is 14.3. The molecular weight excluding hydrogens is 270 g/mol. The molecule has 5 heteroatoms. The summed E-state index contributed by atoms with van der Waals surface area (Å²) in [6.45, 7) is 3.74. The van der Waals surface area contributed by atoms with Crippen molar-refractivity contribution in [2.45, 2.75) is 6.92 Å². The summed E-state index contributed by atoms with van der Waals surface area (Å²) < 4.78 is 6.32. The molecule has 2 rings (SSSR count). The van der Waals surface area contributed by atoms with E-state index in [1.807, 2.05) is 19.1 Å². The molecule has 0 unspecified atom stereocenters. The molecule has 0 bridgehead atoms. The second-order valence-electron chi connectivity index (χ2n) is 3.56. The van der Waals surface area contributed by atoms with Crippen LogP contribution in [0.25, 0.3) is 0 Å². The SMILES string of the molecule is COc1ccc(C)c(Br)c1NC1=NCCN1. The molecule has 0 radical (unpaired) electrons. The molecule has 4 nitrogen and oxygen atoms in total. The largest absolute Gasteiger partial charge is 0.495 e. The average molecular weight is 284 g/mol. The highest BCUT2D eigenvalue weighted by atomic mass is 79.9. The molecule has 86 valence electrons. The van der Waals surface area contributed by atoms with Gasteiger partial charge in [-0.25, -0.2) is 0 Å². The maximum atomic E-state index is 5.32. The molecule has 1 aromatic carbocycles. The fourth-order valence-corrected chi connectivity index (χ4v) is 1.98. The summed E-state index contributed by atoms with van der Waals surface area (Å²) in [7, 11) is 1.66. The summed E-state index contributed by atoms with van der Waals surface area (Å²) in [5, 5.41) is 6.40. The molecule has 0 spiro atoms. The third-order valence-corrected chi connectivity index (χ3v) is 3.46. The van der Waals surface area contributed by atoms with Gasteiger partial charge in [0.2, 0.25) is 0 Å². The Kier molecular flexibility index (Phi) is 3.33. The fraction of sp³-hybridized carbons (Fsp3) is 0.364. The summed E-state index contributed by atoms with van der Waals surface area (Å²) in [5.74, 6) is 1.60. The third kappa shape index (κ3) is 2.14. The van der Waals surface area contributed by atoms with E-state index in [4.69, 9.17) is 4.74 Å². The van der Waals surface area contributed by atoms with Crippen LogP contribution < -0.4 is 15.4 Å². The number of benzene rings is 1. The van der Waals surface area contributed by atoms with Crippen molar-refractivity contribution in [3.8, 4) is 5.75 Å². The molecule has 0 aliphatic carbocycles. The molecule has 0 saturated heterocycles. The van der Waals surface area contributed by atoms with Gasteiger partial charge in [0.15, 0.2) is 5.96 Å². The second kappa shape index (κ2) is 4.74. The third-order valence-electron chi connectivity index (χ3n) is 2.43. The van der Waals surface area contributed by atoms with Crippen molar-refractivity contribution in [2.75, 3.05) is 25.5 Å². The number of methoxy groups -OCH3 is 1. The van der Waals surface area contributed by atoms with Crippen LogP contribution >= 0.6 is 15.9 Å². The van der Waals surface area contributed by atoms with Gasteiger partial charge in [-0.3, -0.25) is 4.99 Å². The van der Waals surface area contributed by atoms with Gasteiger partial charge in [0.05, 0.1) is 19.3 Å². The number of nitrogens with zero attached hydrogens (tertiary/aromatic N) is 1. The van der Waals surface area contributed by atoms with Crippen LogP contribution in [0.1, 0.15) is 5.56 Å². The summed E-state index contributed by atoms with van der Waals surface area (Å²) in [6.07, 6.45) is 0. The van der Waals surface area contributed by atoms with Crippen LogP contribution in [0.15, 0.2) is 21.6 Å². The van der Waals surface area contributed by atoms with Crippen molar-refractivity contribution in [1.82, 2.24) is 5.32 Å². The predicted molar refractivity (Wildman–Crippen MR) is 69.4 cm³/mol. The van der Waals surface area contributed by atoms with Crippen LogP contribution in [-0.2, 0) is 0 Å². The lowest BCUT2D eigenvalue weighted by Gasteiger charge is -2.14.